The van der Waals surface area contributed by atoms with Crippen LogP contribution in [0.1, 0.15) is 0 Å². The van der Waals surface area contributed by atoms with Gasteiger partial charge in [0.05, 0.1) is 5.69 Å². The van der Waals surface area contributed by atoms with Gasteiger partial charge in [0.1, 0.15) is 0 Å². The van der Waals surface area contributed by atoms with Crippen LogP contribution in [0.2, 0.25) is 5.15 Å². The van der Waals surface area contributed by atoms with Crippen LogP contribution in [0.4, 0.5) is 16.2 Å². The maximum absolute atomic E-state index is 11.7. The third-order valence-electron chi connectivity index (χ3n) is 2.09. The second kappa shape index (κ2) is 6.01. The molecule has 0 aliphatic carbocycles. The van der Waals surface area contributed by atoms with E-state index in [2.05, 4.69) is 38.2 Å². The lowest BCUT2D eigenvalue weighted by Gasteiger charge is -2.08. The second-order valence-electron chi connectivity index (χ2n) is 3.43. The highest BCUT2D eigenvalue weighted by Crippen LogP contribution is 2.18. The number of nitrogens with one attached hydrogen (secondary N) is 2. The van der Waals surface area contributed by atoms with Crippen molar-refractivity contribution >= 4 is 51.6 Å². The van der Waals surface area contributed by atoms with Crippen molar-refractivity contribution < 1.29 is 4.79 Å². The van der Waals surface area contributed by atoms with Gasteiger partial charge >= 0.3 is 6.03 Å². The lowest BCUT2D eigenvalue weighted by atomic mass is 10.3. The van der Waals surface area contributed by atoms with E-state index in [1.807, 2.05) is 24.3 Å². The van der Waals surface area contributed by atoms with E-state index < -0.39 is 0 Å². The van der Waals surface area contributed by atoms with Crippen LogP contribution < -0.4 is 10.6 Å². The van der Waals surface area contributed by atoms with E-state index in [9.17, 15) is 4.79 Å². The summed E-state index contributed by atoms with van der Waals surface area (Å²) in [6.45, 7) is 0. The van der Waals surface area contributed by atoms with E-state index in [4.69, 9.17) is 11.6 Å². The summed E-state index contributed by atoms with van der Waals surface area (Å²) in [5, 5.41) is 5.61. The maximum atomic E-state index is 11.7. The molecule has 0 unspecified atom stereocenters. The van der Waals surface area contributed by atoms with E-state index in [-0.39, 0.29) is 11.2 Å². The SMILES string of the molecule is O=C(Nc1cccc(I)c1)Nc1cccnc1Cl. The molecule has 6 heteroatoms. The van der Waals surface area contributed by atoms with Gasteiger partial charge in [0, 0.05) is 15.5 Å². The van der Waals surface area contributed by atoms with Crippen LogP contribution in [-0.4, -0.2) is 11.0 Å². The number of hydrogen-bond donors (Lipinski definition) is 2. The Morgan fingerprint density at radius 1 is 1.22 bits per heavy atom. The molecule has 0 radical (unpaired) electrons. The highest BCUT2D eigenvalue weighted by Gasteiger charge is 2.06. The molecule has 2 N–H and O–H groups in total. The highest BCUT2D eigenvalue weighted by atomic mass is 127. The number of benzene rings is 1. The molecular weight excluding hydrogens is 365 g/mol. The van der Waals surface area contributed by atoms with E-state index in [0.29, 0.717) is 5.69 Å². The lowest BCUT2D eigenvalue weighted by molar-refractivity contribution is 0.262. The first kappa shape index (κ1) is 13.1. The van der Waals surface area contributed by atoms with Crippen LogP contribution in [0.25, 0.3) is 0 Å². The highest BCUT2D eigenvalue weighted by molar-refractivity contribution is 14.1. The summed E-state index contributed by atoms with van der Waals surface area (Å²) in [4.78, 5) is 15.6. The molecule has 1 heterocycles. The number of halogens is 2. The van der Waals surface area contributed by atoms with Crippen LogP contribution in [0.3, 0.4) is 0 Å². The molecule has 0 saturated heterocycles. The predicted molar refractivity (Wildman–Crippen MR) is 81.0 cm³/mol. The Morgan fingerprint density at radius 2 is 2.06 bits per heavy atom. The molecule has 0 saturated carbocycles. The average Bonchev–Trinajstić information content (AvgIpc) is 2.32. The standard InChI is InChI=1S/C12H9ClIN3O/c13-11-10(5-2-6-15-11)17-12(18)16-9-4-1-3-8(14)7-9/h1-7H,(H2,16,17,18). The first-order valence-corrected chi connectivity index (χ1v) is 6.55. The summed E-state index contributed by atoms with van der Waals surface area (Å²) < 4.78 is 1.05. The van der Waals surface area contributed by atoms with Gasteiger partial charge in [-0.25, -0.2) is 9.78 Å². The minimum atomic E-state index is -0.355. The zero-order valence-electron chi connectivity index (χ0n) is 9.15. The summed E-state index contributed by atoms with van der Waals surface area (Å²) >= 11 is 8.02. The topological polar surface area (TPSA) is 54.0 Å². The molecule has 4 nitrogen and oxygen atoms in total. The zero-order chi connectivity index (χ0) is 13.0. The van der Waals surface area contributed by atoms with Crippen molar-refractivity contribution in [1.29, 1.82) is 0 Å². The lowest BCUT2D eigenvalue weighted by Crippen LogP contribution is -2.19. The van der Waals surface area contributed by atoms with E-state index in [0.717, 1.165) is 9.26 Å². The number of amides is 2. The predicted octanol–water partition coefficient (Wildman–Crippen LogP) is 3.98. The first-order chi connectivity index (χ1) is 8.65. The molecule has 92 valence electrons. The van der Waals surface area contributed by atoms with Crippen LogP contribution in [0.15, 0.2) is 42.6 Å². The maximum Gasteiger partial charge on any atom is 0.323 e. The zero-order valence-corrected chi connectivity index (χ0v) is 12.1. The van der Waals surface area contributed by atoms with Crippen molar-refractivity contribution in [3.05, 3.63) is 51.3 Å². The van der Waals surface area contributed by atoms with Crippen molar-refractivity contribution in [2.45, 2.75) is 0 Å². The molecule has 1 aromatic carbocycles. The Bertz CT molecular complexity index is 577. The molecule has 2 aromatic rings. The van der Waals surface area contributed by atoms with Gasteiger partial charge in [0.15, 0.2) is 5.15 Å². The van der Waals surface area contributed by atoms with E-state index in [1.54, 1.807) is 18.3 Å². The molecule has 0 aliphatic heterocycles. The van der Waals surface area contributed by atoms with Crippen molar-refractivity contribution in [1.82, 2.24) is 4.98 Å². The van der Waals surface area contributed by atoms with Crippen molar-refractivity contribution in [3.63, 3.8) is 0 Å². The largest absolute Gasteiger partial charge is 0.323 e. The molecule has 0 spiro atoms. The van der Waals surface area contributed by atoms with Gasteiger partial charge in [-0.2, -0.15) is 0 Å². The van der Waals surface area contributed by atoms with Crippen LogP contribution >= 0.6 is 34.2 Å². The molecule has 0 atom stereocenters. The minimum absolute atomic E-state index is 0.260. The molecule has 2 rings (SSSR count). The Hall–Kier alpha value is -1.34. The van der Waals surface area contributed by atoms with Crippen LogP contribution in [0.5, 0.6) is 0 Å². The third-order valence-corrected chi connectivity index (χ3v) is 3.06. The summed E-state index contributed by atoms with van der Waals surface area (Å²) in [7, 11) is 0. The summed E-state index contributed by atoms with van der Waals surface area (Å²) in [6.07, 6.45) is 1.56. The smallest absolute Gasteiger partial charge is 0.308 e. The number of carbonyl (C=O) groups is 1. The first-order valence-electron chi connectivity index (χ1n) is 5.09. The van der Waals surface area contributed by atoms with E-state index in [1.165, 1.54) is 0 Å². The summed E-state index contributed by atoms with van der Waals surface area (Å²) in [5.41, 5.74) is 1.20. The summed E-state index contributed by atoms with van der Waals surface area (Å²) in [5.74, 6) is 0. The molecular formula is C12H9ClIN3O. The number of urea groups is 1. The van der Waals surface area contributed by atoms with Crippen molar-refractivity contribution in [2.24, 2.45) is 0 Å². The molecule has 18 heavy (non-hydrogen) atoms. The number of aromatic nitrogens is 1. The second-order valence-corrected chi connectivity index (χ2v) is 5.03. The number of anilines is 2. The van der Waals surface area contributed by atoms with Gasteiger partial charge in [-0.1, -0.05) is 17.7 Å². The van der Waals surface area contributed by atoms with Crippen LogP contribution in [-0.2, 0) is 0 Å². The van der Waals surface area contributed by atoms with Crippen molar-refractivity contribution in [3.8, 4) is 0 Å². The molecule has 0 bridgehead atoms. The number of nitrogens with zero attached hydrogens (tertiary/aromatic N) is 1. The number of hydrogen-bond acceptors (Lipinski definition) is 2. The minimum Gasteiger partial charge on any atom is -0.308 e. The quantitative estimate of drug-likeness (QED) is 0.618. The fraction of sp³-hybridized carbons (Fsp3) is 0. The van der Waals surface area contributed by atoms with Gasteiger partial charge in [-0.15, -0.1) is 0 Å². The summed E-state index contributed by atoms with van der Waals surface area (Å²) in [6, 6.07) is 10.5. The fourth-order valence-corrected chi connectivity index (χ4v) is 2.04. The van der Waals surface area contributed by atoms with Gasteiger partial charge in [-0.05, 0) is 52.9 Å². The third kappa shape index (κ3) is 3.58. The molecule has 2 amide bonds. The van der Waals surface area contributed by atoms with Gasteiger partial charge in [0.2, 0.25) is 0 Å². The monoisotopic (exact) mass is 373 g/mol. The fourth-order valence-electron chi connectivity index (χ4n) is 1.33. The number of carbonyl (C=O) groups excluding carboxylic acids is 1. The Kier molecular flexibility index (Phi) is 4.38. The van der Waals surface area contributed by atoms with Crippen LogP contribution in [0, 0.1) is 3.57 Å². The van der Waals surface area contributed by atoms with Crippen molar-refractivity contribution in [2.75, 3.05) is 10.6 Å². The number of pyridine rings is 1. The Morgan fingerprint density at radius 3 is 2.78 bits per heavy atom. The van der Waals surface area contributed by atoms with Gasteiger partial charge in [0.25, 0.3) is 0 Å². The van der Waals surface area contributed by atoms with E-state index >= 15 is 0 Å². The average molecular weight is 374 g/mol. The molecule has 0 aliphatic rings. The Balaban J connectivity index is 2.03. The Labute approximate surface area is 123 Å². The molecule has 0 fully saturated rings. The van der Waals surface area contributed by atoms with Gasteiger partial charge in [-0.3, -0.25) is 0 Å². The normalized spacial score (nSPS) is 9.89. The number of rotatable bonds is 2. The van der Waals surface area contributed by atoms with Gasteiger partial charge < -0.3 is 10.6 Å². The molecule has 1 aromatic heterocycles.